The van der Waals surface area contributed by atoms with Gasteiger partial charge in [-0.25, -0.2) is 4.79 Å². The Morgan fingerprint density at radius 3 is 2.45 bits per heavy atom. The second kappa shape index (κ2) is 10.9. The van der Waals surface area contributed by atoms with Gasteiger partial charge in [0.15, 0.2) is 0 Å². The van der Waals surface area contributed by atoms with Gasteiger partial charge in [-0.05, 0) is 49.6 Å². The van der Waals surface area contributed by atoms with E-state index in [1.165, 1.54) is 15.4 Å². The van der Waals surface area contributed by atoms with E-state index in [1.54, 1.807) is 12.1 Å². The van der Waals surface area contributed by atoms with E-state index in [0.717, 1.165) is 17.3 Å². The van der Waals surface area contributed by atoms with Crippen molar-refractivity contribution >= 4 is 39.5 Å². The van der Waals surface area contributed by atoms with Crippen LogP contribution in [0.3, 0.4) is 0 Å². The van der Waals surface area contributed by atoms with Crippen LogP contribution in [0.2, 0.25) is 0 Å². The first kappa shape index (κ1) is 22.8. The van der Waals surface area contributed by atoms with E-state index in [2.05, 4.69) is 38.7 Å². The van der Waals surface area contributed by atoms with Gasteiger partial charge in [0.2, 0.25) is 11.8 Å². The lowest BCUT2D eigenvalue weighted by Gasteiger charge is -2.34. The van der Waals surface area contributed by atoms with Gasteiger partial charge in [0.25, 0.3) is 0 Å². The van der Waals surface area contributed by atoms with Gasteiger partial charge in [-0.15, -0.1) is 0 Å². The predicted octanol–water partition coefficient (Wildman–Crippen LogP) is 3.26. The fourth-order valence-electron chi connectivity index (χ4n) is 3.38. The van der Waals surface area contributed by atoms with E-state index in [4.69, 9.17) is 0 Å². The standard InChI is InChI=1S/C23H27BrN4O3/c1-17(7-8-18-5-3-2-4-6-18)25-21(29)15-27-13-14-28(16-22(27)30)23(31)26-20-11-9-19(24)10-12-20/h2-6,9-12,17H,7-8,13-16H2,1H3,(H,25,29)(H,26,31). The van der Waals surface area contributed by atoms with Crippen LogP contribution in [0.5, 0.6) is 0 Å². The van der Waals surface area contributed by atoms with Crippen molar-refractivity contribution in [2.45, 2.75) is 25.8 Å². The highest BCUT2D eigenvalue weighted by Gasteiger charge is 2.28. The number of piperazine rings is 1. The summed E-state index contributed by atoms with van der Waals surface area (Å²) in [4.78, 5) is 40.2. The number of hydrogen-bond donors (Lipinski definition) is 2. The van der Waals surface area contributed by atoms with Gasteiger partial charge in [-0.1, -0.05) is 46.3 Å². The highest BCUT2D eigenvalue weighted by atomic mass is 79.9. The highest BCUT2D eigenvalue weighted by Crippen LogP contribution is 2.15. The lowest BCUT2D eigenvalue weighted by Crippen LogP contribution is -2.55. The van der Waals surface area contributed by atoms with Gasteiger partial charge in [0.05, 0.1) is 6.54 Å². The number of carbonyl (C=O) groups excluding carboxylic acids is 3. The first-order chi connectivity index (χ1) is 14.9. The maximum atomic E-state index is 12.5. The molecule has 0 aromatic heterocycles. The minimum Gasteiger partial charge on any atom is -0.352 e. The second-order valence-electron chi connectivity index (χ2n) is 7.67. The molecule has 1 fully saturated rings. The summed E-state index contributed by atoms with van der Waals surface area (Å²) < 4.78 is 0.918. The lowest BCUT2D eigenvalue weighted by atomic mass is 10.1. The van der Waals surface area contributed by atoms with E-state index in [-0.39, 0.29) is 37.0 Å². The molecular weight excluding hydrogens is 460 g/mol. The van der Waals surface area contributed by atoms with Gasteiger partial charge in [-0.3, -0.25) is 9.59 Å². The summed E-state index contributed by atoms with van der Waals surface area (Å²) in [5.74, 6) is -0.411. The lowest BCUT2D eigenvalue weighted by molar-refractivity contribution is -0.139. The second-order valence-corrected chi connectivity index (χ2v) is 8.58. The van der Waals surface area contributed by atoms with Gasteiger partial charge in [-0.2, -0.15) is 0 Å². The van der Waals surface area contributed by atoms with Crippen LogP contribution in [-0.2, 0) is 16.0 Å². The third kappa shape index (κ3) is 7.10. The third-order valence-corrected chi connectivity index (χ3v) is 5.68. The Morgan fingerprint density at radius 1 is 1.06 bits per heavy atom. The Morgan fingerprint density at radius 2 is 1.77 bits per heavy atom. The summed E-state index contributed by atoms with van der Waals surface area (Å²) in [6, 6.07) is 17.0. The van der Waals surface area contributed by atoms with Crippen molar-refractivity contribution < 1.29 is 14.4 Å². The number of nitrogens with one attached hydrogen (secondary N) is 2. The molecule has 0 aliphatic carbocycles. The van der Waals surface area contributed by atoms with Crippen molar-refractivity contribution in [3.05, 3.63) is 64.6 Å². The number of amides is 4. The summed E-state index contributed by atoms with van der Waals surface area (Å²) in [7, 11) is 0. The highest BCUT2D eigenvalue weighted by molar-refractivity contribution is 9.10. The molecule has 1 aliphatic rings. The van der Waals surface area contributed by atoms with E-state index < -0.39 is 0 Å². The maximum Gasteiger partial charge on any atom is 0.322 e. The molecule has 7 nitrogen and oxygen atoms in total. The molecule has 0 spiro atoms. The molecule has 1 aliphatic heterocycles. The molecule has 1 atom stereocenters. The van der Waals surface area contributed by atoms with Crippen molar-refractivity contribution in [3.63, 3.8) is 0 Å². The molecule has 1 heterocycles. The van der Waals surface area contributed by atoms with E-state index >= 15 is 0 Å². The van der Waals surface area contributed by atoms with Crippen LogP contribution in [0.1, 0.15) is 18.9 Å². The van der Waals surface area contributed by atoms with Crippen LogP contribution in [0.15, 0.2) is 59.1 Å². The van der Waals surface area contributed by atoms with Crippen LogP contribution < -0.4 is 10.6 Å². The molecule has 0 bridgehead atoms. The summed E-state index contributed by atoms with van der Waals surface area (Å²) in [6.45, 7) is 2.65. The van der Waals surface area contributed by atoms with Crippen LogP contribution in [0.25, 0.3) is 0 Å². The van der Waals surface area contributed by atoms with Crippen LogP contribution in [-0.4, -0.2) is 59.9 Å². The molecule has 0 radical (unpaired) electrons. The fourth-order valence-corrected chi connectivity index (χ4v) is 3.64. The predicted molar refractivity (Wildman–Crippen MR) is 124 cm³/mol. The molecule has 4 amide bonds. The zero-order valence-corrected chi connectivity index (χ0v) is 19.1. The summed E-state index contributed by atoms with van der Waals surface area (Å²) in [6.07, 6.45) is 1.71. The minimum atomic E-state index is -0.325. The van der Waals surface area contributed by atoms with Crippen molar-refractivity contribution in [1.82, 2.24) is 15.1 Å². The topological polar surface area (TPSA) is 81.8 Å². The van der Waals surface area contributed by atoms with E-state index in [0.29, 0.717) is 18.8 Å². The summed E-state index contributed by atoms with van der Waals surface area (Å²) in [5, 5.41) is 5.74. The summed E-state index contributed by atoms with van der Waals surface area (Å²) in [5.41, 5.74) is 1.89. The number of urea groups is 1. The average Bonchev–Trinajstić information content (AvgIpc) is 2.76. The number of hydrogen-bond acceptors (Lipinski definition) is 3. The number of carbonyl (C=O) groups is 3. The normalized spacial score (nSPS) is 14.8. The molecule has 164 valence electrons. The summed E-state index contributed by atoms with van der Waals surface area (Å²) >= 11 is 3.35. The van der Waals surface area contributed by atoms with E-state index in [1.807, 2.05) is 37.3 Å². The number of benzene rings is 2. The van der Waals surface area contributed by atoms with Crippen molar-refractivity contribution in [2.24, 2.45) is 0 Å². The monoisotopic (exact) mass is 486 g/mol. The average molecular weight is 487 g/mol. The molecule has 2 aromatic rings. The molecule has 2 aromatic carbocycles. The molecule has 31 heavy (non-hydrogen) atoms. The smallest absolute Gasteiger partial charge is 0.322 e. The van der Waals surface area contributed by atoms with Crippen molar-refractivity contribution in [2.75, 3.05) is 31.5 Å². The zero-order valence-electron chi connectivity index (χ0n) is 17.5. The number of anilines is 1. The molecule has 1 saturated heterocycles. The minimum absolute atomic E-state index is 0.0106. The van der Waals surface area contributed by atoms with Crippen LogP contribution in [0, 0.1) is 0 Å². The van der Waals surface area contributed by atoms with Crippen LogP contribution >= 0.6 is 15.9 Å². The Labute approximate surface area is 190 Å². The molecule has 0 saturated carbocycles. The Hall–Kier alpha value is -2.87. The van der Waals surface area contributed by atoms with Gasteiger partial charge < -0.3 is 20.4 Å². The van der Waals surface area contributed by atoms with Gasteiger partial charge in [0.1, 0.15) is 6.54 Å². The first-order valence-electron chi connectivity index (χ1n) is 10.3. The number of nitrogens with zero attached hydrogens (tertiary/aromatic N) is 2. The van der Waals surface area contributed by atoms with Crippen molar-refractivity contribution in [1.29, 1.82) is 0 Å². The number of rotatable bonds is 7. The Bertz CT molecular complexity index is 905. The SMILES string of the molecule is CC(CCc1ccccc1)NC(=O)CN1CCN(C(=O)Nc2ccc(Br)cc2)CC1=O. The van der Waals surface area contributed by atoms with Crippen molar-refractivity contribution in [3.8, 4) is 0 Å². The van der Waals surface area contributed by atoms with Gasteiger partial charge in [0, 0.05) is 29.3 Å². The molecule has 2 N–H and O–H groups in total. The Balaban J connectivity index is 1.40. The molecule has 3 rings (SSSR count). The molecular formula is C23H27BrN4O3. The molecule has 1 unspecified atom stereocenters. The quantitative estimate of drug-likeness (QED) is 0.629. The van der Waals surface area contributed by atoms with E-state index in [9.17, 15) is 14.4 Å². The van der Waals surface area contributed by atoms with Gasteiger partial charge >= 0.3 is 6.03 Å². The van der Waals surface area contributed by atoms with Crippen LogP contribution in [0.4, 0.5) is 10.5 Å². The molecule has 8 heteroatoms. The zero-order chi connectivity index (χ0) is 22.2. The maximum absolute atomic E-state index is 12.5. The number of aryl methyl sites for hydroxylation is 1. The number of halogens is 1. The first-order valence-corrected chi connectivity index (χ1v) is 11.1. The fraction of sp³-hybridized carbons (Fsp3) is 0.348. The largest absolute Gasteiger partial charge is 0.352 e. The Kier molecular flexibility index (Phi) is 8.06. The third-order valence-electron chi connectivity index (χ3n) is 5.15.